The number of esters is 3. The van der Waals surface area contributed by atoms with Crippen molar-refractivity contribution < 1.29 is 28.6 Å². The summed E-state index contributed by atoms with van der Waals surface area (Å²) in [6.07, 6.45) is 67.7. The lowest BCUT2D eigenvalue weighted by molar-refractivity contribution is -0.167. The smallest absolute Gasteiger partial charge is 0.306 e. The number of unbranched alkanes of at least 4 members (excludes halogenated alkanes) is 30. The van der Waals surface area contributed by atoms with E-state index in [2.05, 4.69) is 81.5 Å². The highest BCUT2D eigenvalue weighted by molar-refractivity contribution is 5.71. The third-order valence-electron chi connectivity index (χ3n) is 12.3. The largest absolute Gasteiger partial charge is 0.462 e. The molecule has 0 aliphatic heterocycles. The maximum Gasteiger partial charge on any atom is 0.306 e. The number of allylic oxidation sites excluding steroid dienone is 10. The van der Waals surface area contributed by atoms with Crippen molar-refractivity contribution in [2.45, 2.75) is 290 Å². The highest BCUT2D eigenvalue weighted by Gasteiger charge is 2.19. The summed E-state index contributed by atoms with van der Waals surface area (Å²) >= 11 is 0. The van der Waals surface area contributed by atoms with E-state index >= 15 is 0 Å². The molecule has 1 atom stereocenters. The Morgan fingerprint density at radius 3 is 0.939 bits per heavy atom. The zero-order valence-corrected chi connectivity index (χ0v) is 43.7. The molecule has 66 heavy (non-hydrogen) atoms. The summed E-state index contributed by atoms with van der Waals surface area (Å²) in [5.41, 5.74) is 0. The van der Waals surface area contributed by atoms with E-state index in [0.717, 1.165) is 109 Å². The summed E-state index contributed by atoms with van der Waals surface area (Å²) in [5.74, 6) is -0.893. The molecular weight excluding hydrogens is 817 g/mol. The molecule has 0 heterocycles. The van der Waals surface area contributed by atoms with Crippen molar-refractivity contribution in [2.24, 2.45) is 0 Å². The van der Waals surface area contributed by atoms with E-state index < -0.39 is 6.10 Å². The van der Waals surface area contributed by atoms with Gasteiger partial charge in [-0.1, -0.05) is 242 Å². The summed E-state index contributed by atoms with van der Waals surface area (Å²) < 4.78 is 16.9. The molecule has 0 fully saturated rings. The lowest BCUT2D eigenvalue weighted by Crippen LogP contribution is -2.30. The molecule has 6 nitrogen and oxygen atoms in total. The van der Waals surface area contributed by atoms with Crippen LogP contribution in [0.4, 0.5) is 0 Å². The molecule has 0 aromatic carbocycles. The van der Waals surface area contributed by atoms with E-state index in [-0.39, 0.29) is 31.1 Å². The van der Waals surface area contributed by atoms with Crippen LogP contribution in [0, 0.1) is 0 Å². The second-order valence-corrected chi connectivity index (χ2v) is 18.8. The molecule has 0 aromatic rings. The summed E-state index contributed by atoms with van der Waals surface area (Å²) in [6.45, 7) is 6.52. The molecule has 0 saturated carbocycles. The van der Waals surface area contributed by atoms with E-state index in [0.29, 0.717) is 19.3 Å². The summed E-state index contributed by atoms with van der Waals surface area (Å²) in [7, 11) is 0. The zero-order chi connectivity index (χ0) is 47.9. The quantitative estimate of drug-likeness (QED) is 0.0262. The van der Waals surface area contributed by atoms with Crippen LogP contribution >= 0.6 is 0 Å². The van der Waals surface area contributed by atoms with Crippen LogP contribution in [0.5, 0.6) is 0 Å². The second kappa shape index (κ2) is 54.7. The van der Waals surface area contributed by atoms with Crippen LogP contribution in [0.3, 0.4) is 0 Å². The molecule has 382 valence electrons. The monoisotopic (exact) mass is 923 g/mol. The SMILES string of the molecule is CC/C=C\C/C=C\C/C=C\CCCCCCCCCC(=O)OCC(COC(=O)CCCCCCCCCCCCCCCCC)OC(=O)CCCCCCC/C=C\C/C=C\CCCCCC. The molecular formula is C60H106O6. The fraction of sp³-hybridized carbons (Fsp3) is 0.783. The first kappa shape index (κ1) is 63.1. The predicted molar refractivity (Wildman–Crippen MR) is 284 cm³/mol. The molecule has 0 bridgehead atoms. The zero-order valence-electron chi connectivity index (χ0n) is 43.7. The van der Waals surface area contributed by atoms with Gasteiger partial charge in [0.15, 0.2) is 6.10 Å². The van der Waals surface area contributed by atoms with Crippen LogP contribution in [-0.2, 0) is 28.6 Å². The fourth-order valence-corrected chi connectivity index (χ4v) is 8.02. The van der Waals surface area contributed by atoms with Crippen molar-refractivity contribution in [1.29, 1.82) is 0 Å². The summed E-state index contributed by atoms with van der Waals surface area (Å²) in [4.78, 5) is 38.1. The Morgan fingerprint density at radius 1 is 0.318 bits per heavy atom. The van der Waals surface area contributed by atoms with Gasteiger partial charge in [0.2, 0.25) is 0 Å². The van der Waals surface area contributed by atoms with Gasteiger partial charge in [-0.25, -0.2) is 0 Å². The molecule has 0 aliphatic carbocycles. The summed E-state index contributed by atoms with van der Waals surface area (Å²) in [6, 6.07) is 0. The van der Waals surface area contributed by atoms with Gasteiger partial charge in [-0.05, 0) is 83.5 Å². The Hall–Kier alpha value is -2.89. The first-order valence-electron chi connectivity index (χ1n) is 28.3. The molecule has 0 aliphatic rings. The second-order valence-electron chi connectivity index (χ2n) is 18.8. The van der Waals surface area contributed by atoms with Gasteiger partial charge in [-0.3, -0.25) is 14.4 Å². The molecule has 1 unspecified atom stereocenters. The first-order chi connectivity index (χ1) is 32.5. The van der Waals surface area contributed by atoms with Crippen molar-refractivity contribution in [3.05, 3.63) is 60.8 Å². The number of carbonyl (C=O) groups is 3. The van der Waals surface area contributed by atoms with Gasteiger partial charge < -0.3 is 14.2 Å². The predicted octanol–water partition coefficient (Wildman–Crippen LogP) is 18.8. The van der Waals surface area contributed by atoms with Crippen LogP contribution in [0.1, 0.15) is 284 Å². The molecule has 0 saturated heterocycles. The van der Waals surface area contributed by atoms with Gasteiger partial charge in [0.1, 0.15) is 13.2 Å². The molecule has 0 rings (SSSR count). The Bertz CT molecular complexity index is 1200. The van der Waals surface area contributed by atoms with Crippen molar-refractivity contribution >= 4 is 17.9 Å². The lowest BCUT2D eigenvalue weighted by atomic mass is 10.0. The van der Waals surface area contributed by atoms with Gasteiger partial charge in [-0.15, -0.1) is 0 Å². The van der Waals surface area contributed by atoms with Crippen LogP contribution in [0.25, 0.3) is 0 Å². The first-order valence-corrected chi connectivity index (χ1v) is 28.3. The maximum atomic E-state index is 12.8. The topological polar surface area (TPSA) is 78.9 Å². The number of rotatable bonds is 51. The minimum atomic E-state index is -0.784. The van der Waals surface area contributed by atoms with E-state index in [4.69, 9.17) is 14.2 Å². The average molecular weight is 924 g/mol. The third-order valence-corrected chi connectivity index (χ3v) is 12.3. The van der Waals surface area contributed by atoms with Crippen molar-refractivity contribution in [1.82, 2.24) is 0 Å². The Labute approximate surface area is 409 Å². The molecule has 0 radical (unpaired) electrons. The minimum absolute atomic E-state index is 0.0807. The molecule has 0 N–H and O–H groups in total. The maximum absolute atomic E-state index is 12.8. The van der Waals surface area contributed by atoms with Gasteiger partial charge >= 0.3 is 17.9 Å². The highest BCUT2D eigenvalue weighted by atomic mass is 16.6. The Kier molecular flexibility index (Phi) is 52.3. The fourth-order valence-electron chi connectivity index (χ4n) is 8.02. The van der Waals surface area contributed by atoms with Gasteiger partial charge in [-0.2, -0.15) is 0 Å². The van der Waals surface area contributed by atoms with E-state index in [1.807, 2.05) is 0 Å². The van der Waals surface area contributed by atoms with Crippen LogP contribution in [-0.4, -0.2) is 37.2 Å². The van der Waals surface area contributed by atoms with E-state index in [1.165, 1.54) is 135 Å². The average Bonchev–Trinajstić information content (AvgIpc) is 3.31. The van der Waals surface area contributed by atoms with Crippen molar-refractivity contribution in [3.8, 4) is 0 Å². The Morgan fingerprint density at radius 2 is 0.591 bits per heavy atom. The molecule has 0 amide bonds. The standard InChI is InChI=1S/C60H106O6/c1-4-7-10-13-16-19-22-25-28-30-33-35-38-41-44-47-50-53-59(62)65-56-57(55-64-58(61)52-49-46-43-40-37-34-31-27-24-21-18-15-12-9-6-3)66-60(63)54-51-48-45-42-39-36-32-29-26-23-20-17-14-11-8-5-2/h7,10,16,19-20,23,25,28-29,32,57H,4-6,8-9,11-15,17-18,21-22,24,26-27,30-31,33-56H2,1-3H3/b10-7-,19-16-,23-20-,28-25-,32-29-. The van der Waals surface area contributed by atoms with Gasteiger partial charge in [0.05, 0.1) is 0 Å². The van der Waals surface area contributed by atoms with Gasteiger partial charge in [0, 0.05) is 19.3 Å². The van der Waals surface area contributed by atoms with E-state index in [1.54, 1.807) is 0 Å². The molecule has 0 spiro atoms. The number of hydrogen-bond acceptors (Lipinski definition) is 6. The Balaban J connectivity index is 4.40. The van der Waals surface area contributed by atoms with Crippen LogP contribution in [0.15, 0.2) is 60.8 Å². The van der Waals surface area contributed by atoms with Crippen molar-refractivity contribution in [3.63, 3.8) is 0 Å². The lowest BCUT2D eigenvalue weighted by Gasteiger charge is -2.18. The highest BCUT2D eigenvalue weighted by Crippen LogP contribution is 2.16. The molecule has 0 aromatic heterocycles. The van der Waals surface area contributed by atoms with E-state index in [9.17, 15) is 14.4 Å². The van der Waals surface area contributed by atoms with Gasteiger partial charge in [0.25, 0.3) is 0 Å². The molecule has 6 heteroatoms. The number of carbonyl (C=O) groups excluding carboxylic acids is 3. The van der Waals surface area contributed by atoms with Crippen LogP contribution in [0.2, 0.25) is 0 Å². The normalized spacial score (nSPS) is 12.5. The third kappa shape index (κ3) is 52.1. The number of ether oxygens (including phenoxy) is 3. The van der Waals surface area contributed by atoms with Crippen LogP contribution < -0.4 is 0 Å². The minimum Gasteiger partial charge on any atom is -0.462 e. The summed E-state index contributed by atoms with van der Waals surface area (Å²) in [5, 5.41) is 0. The van der Waals surface area contributed by atoms with Crippen molar-refractivity contribution in [2.75, 3.05) is 13.2 Å². The number of hydrogen-bond donors (Lipinski definition) is 0.